The molecule has 96 valence electrons. The quantitative estimate of drug-likeness (QED) is 0.644. The second-order valence-corrected chi connectivity index (χ2v) is 4.39. The molecule has 1 heterocycles. The molecule has 0 atom stereocenters. The lowest BCUT2D eigenvalue weighted by Gasteiger charge is -2.36. The first-order valence-electron chi connectivity index (χ1n) is 5.63. The summed E-state index contributed by atoms with van der Waals surface area (Å²) in [7, 11) is 1.27. The van der Waals surface area contributed by atoms with E-state index in [2.05, 4.69) is 10.1 Å². The summed E-state index contributed by atoms with van der Waals surface area (Å²) in [6.07, 6.45) is 0. The fourth-order valence-electron chi connectivity index (χ4n) is 1.73. The van der Waals surface area contributed by atoms with Crippen molar-refractivity contribution in [2.75, 3.05) is 25.6 Å². The van der Waals surface area contributed by atoms with Crippen molar-refractivity contribution in [3.05, 3.63) is 29.8 Å². The van der Waals surface area contributed by atoms with Gasteiger partial charge in [0.1, 0.15) is 0 Å². The van der Waals surface area contributed by atoms with Crippen LogP contribution in [0, 0.1) is 12.3 Å². The normalized spacial score (nSPS) is 16.6. The van der Waals surface area contributed by atoms with E-state index in [1.807, 2.05) is 19.1 Å². The molecular formula is C13H15NO4. The number of nitrogens with one attached hydrogen (secondary N) is 1. The van der Waals surface area contributed by atoms with Crippen LogP contribution in [0.5, 0.6) is 0 Å². The fraction of sp³-hybridized carbons (Fsp3) is 0.385. The van der Waals surface area contributed by atoms with Gasteiger partial charge >= 0.3 is 5.97 Å². The number of esters is 1. The Labute approximate surface area is 105 Å². The molecule has 0 radical (unpaired) electrons. The summed E-state index contributed by atoms with van der Waals surface area (Å²) in [6.45, 7) is 2.09. The van der Waals surface area contributed by atoms with Crippen LogP contribution in [0.15, 0.2) is 24.3 Å². The zero-order valence-corrected chi connectivity index (χ0v) is 10.4. The standard InChI is InChI=1S/C13H15NO4/c1-9-3-5-10(6-4-9)14-11(15)13(7-18-8-13)12(16)17-2/h3-6H,7-8H2,1-2H3,(H,14,15). The Kier molecular flexibility index (Phi) is 3.34. The van der Waals surface area contributed by atoms with E-state index in [1.165, 1.54) is 7.11 Å². The first kappa shape index (κ1) is 12.6. The molecule has 0 aliphatic carbocycles. The number of hydrogen-bond donors (Lipinski definition) is 1. The highest BCUT2D eigenvalue weighted by Crippen LogP contribution is 2.30. The van der Waals surface area contributed by atoms with Gasteiger partial charge in [0.2, 0.25) is 5.91 Å². The second kappa shape index (κ2) is 4.78. The lowest BCUT2D eigenvalue weighted by atomic mass is 9.85. The Morgan fingerprint density at radius 3 is 2.33 bits per heavy atom. The van der Waals surface area contributed by atoms with Crippen molar-refractivity contribution >= 4 is 17.6 Å². The maximum absolute atomic E-state index is 12.1. The van der Waals surface area contributed by atoms with Gasteiger partial charge in [-0.1, -0.05) is 17.7 Å². The van der Waals surface area contributed by atoms with Crippen LogP contribution in [0.25, 0.3) is 0 Å². The van der Waals surface area contributed by atoms with Crippen LogP contribution in [-0.4, -0.2) is 32.2 Å². The van der Waals surface area contributed by atoms with Gasteiger partial charge < -0.3 is 14.8 Å². The largest absolute Gasteiger partial charge is 0.468 e. The third-order valence-corrected chi connectivity index (χ3v) is 3.02. The molecule has 0 spiro atoms. The first-order chi connectivity index (χ1) is 8.58. The van der Waals surface area contributed by atoms with Crippen LogP contribution >= 0.6 is 0 Å². The minimum absolute atomic E-state index is 0.0668. The number of methoxy groups -OCH3 is 1. The maximum atomic E-state index is 12.1. The van der Waals surface area contributed by atoms with Crippen LogP contribution in [0.1, 0.15) is 5.56 Å². The number of ether oxygens (including phenoxy) is 2. The number of hydrogen-bond acceptors (Lipinski definition) is 4. The molecule has 2 rings (SSSR count). The van der Waals surface area contributed by atoms with Crippen molar-refractivity contribution in [1.29, 1.82) is 0 Å². The Morgan fingerprint density at radius 2 is 1.89 bits per heavy atom. The number of aryl methyl sites for hydroxylation is 1. The van der Waals surface area contributed by atoms with Crippen LogP contribution in [0.3, 0.4) is 0 Å². The summed E-state index contributed by atoms with van der Waals surface area (Å²) in [4.78, 5) is 23.7. The molecule has 1 aromatic rings. The third-order valence-electron chi connectivity index (χ3n) is 3.02. The molecule has 0 saturated carbocycles. The number of carbonyl (C=O) groups is 2. The minimum atomic E-state index is -1.19. The van der Waals surface area contributed by atoms with Crippen LogP contribution in [0.4, 0.5) is 5.69 Å². The molecule has 1 amide bonds. The minimum Gasteiger partial charge on any atom is -0.468 e. The second-order valence-electron chi connectivity index (χ2n) is 4.39. The highest BCUT2D eigenvalue weighted by molar-refractivity contribution is 6.09. The van der Waals surface area contributed by atoms with E-state index in [0.29, 0.717) is 5.69 Å². The molecule has 0 unspecified atom stereocenters. The molecule has 1 aromatic carbocycles. The summed E-state index contributed by atoms with van der Waals surface area (Å²) in [5.74, 6) is -0.942. The van der Waals surface area contributed by atoms with Crippen molar-refractivity contribution in [1.82, 2.24) is 0 Å². The average Bonchev–Trinajstić information content (AvgIpc) is 2.30. The predicted molar refractivity (Wildman–Crippen MR) is 65.1 cm³/mol. The monoisotopic (exact) mass is 249 g/mol. The molecule has 5 heteroatoms. The third kappa shape index (κ3) is 2.09. The van der Waals surface area contributed by atoms with E-state index in [4.69, 9.17) is 4.74 Å². The zero-order valence-electron chi connectivity index (χ0n) is 10.4. The zero-order chi connectivity index (χ0) is 13.2. The first-order valence-corrected chi connectivity index (χ1v) is 5.63. The predicted octanol–water partition coefficient (Wildman–Crippen LogP) is 1.12. The van der Waals surface area contributed by atoms with Gasteiger partial charge in [0, 0.05) is 5.69 Å². The van der Waals surface area contributed by atoms with Crippen LogP contribution in [0.2, 0.25) is 0 Å². The van der Waals surface area contributed by atoms with E-state index >= 15 is 0 Å². The Hall–Kier alpha value is -1.88. The number of anilines is 1. The molecule has 1 saturated heterocycles. The van der Waals surface area contributed by atoms with Crippen LogP contribution in [-0.2, 0) is 19.1 Å². The van der Waals surface area contributed by atoms with E-state index < -0.39 is 11.4 Å². The maximum Gasteiger partial charge on any atom is 0.326 e. The molecule has 18 heavy (non-hydrogen) atoms. The van der Waals surface area contributed by atoms with Gasteiger partial charge in [-0.25, -0.2) is 0 Å². The summed E-state index contributed by atoms with van der Waals surface area (Å²) >= 11 is 0. The number of amides is 1. The van der Waals surface area contributed by atoms with Crippen molar-refractivity contribution < 1.29 is 19.1 Å². The van der Waals surface area contributed by atoms with Gasteiger partial charge in [0.15, 0.2) is 5.41 Å². The molecule has 0 aromatic heterocycles. The SMILES string of the molecule is COC(=O)C1(C(=O)Nc2ccc(C)cc2)COC1. The summed E-state index contributed by atoms with van der Waals surface area (Å²) in [6, 6.07) is 7.35. The molecule has 1 N–H and O–H groups in total. The van der Waals surface area contributed by atoms with E-state index in [0.717, 1.165) is 5.56 Å². The smallest absolute Gasteiger partial charge is 0.326 e. The van der Waals surface area contributed by atoms with E-state index in [9.17, 15) is 9.59 Å². The number of carbonyl (C=O) groups excluding carboxylic acids is 2. The summed E-state index contributed by atoms with van der Waals surface area (Å²) in [5.41, 5.74) is 0.558. The Morgan fingerprint density at radius 1 is 1.28 bits per heavy atom. The highest BCUT2D eigenvalue weighted by Gasteiger charge is 2.54. The molecular weight excluding hydrogens is 234 g/mol. The van der Waals surface area contributed by atoms with E-state index in [1.54, 1.807) is 12.1 Å². The summed E-state index contributed by atoms with van der Waals surface area (Å²) < 4.78 is 9.63. The molecule has 5 nitrogen and oxygen atoms in total. The number of benzene rings is 1. The average molecular weight is 249 g/mol. The van der Waals surface area contributed by atoms with Gasteiger partial charge in [-0.05, 0) is 19.1 Å². The van der Waals surface area contributed by atoms with Gasteiger partial charge in [0.25, 0.3) is 0 Å². The van der Waals surface area contributed by atoms with Gasteiger partial charge in [-0.15, -0.1) is 0 Å². The summed E-state index contributed by atoms with van der Waals surface area (Å²) in [5, 5.41) is 2.71. The molecule has 1 fully saturated rings. The highest BCUT2D eigenvalue weighted by atomic mass is 16.5. The fourth-order valence-corrected chi connectivity index (χ4v) is 1.73. The van der Waals surface area contributed by atoms with E-state index in [-0.39, 0.29) is 19.1 Å². The van der Waals surface area contributed by atoms with Crippen molar-refractivity contribution in [2.45, 2.75) is 6.92 Å². The lowest BCUT2D eigenvalue weighted by Crippen LogP contribution is -2.57. The Bertz CT molecular complexity index is 462. The topological polar surface area (TPSA) is 64.6 Å². The Balaban J connectivity index is 2.11. The van der Waals surface area contributed by atoms with Crippen LogP contribution < -0.4 is 5.32 Å². The van der Waals surface area contributed by atoms with Gasteiger partial charge in [-0.2, -0.15) is 0 Å². The van der Waals surface area contributed by atoms with Gasteiger partial charge in [-0.3, -0.25) is 9.59 Å². The lowest BCUT2D eigenvalue weighted by molar-refractivity contribution is -0.185. The number of rotatable bonds is 3. The van der Waals surface area contributed by atoms with Crippen molar-refractivity contribution in [3.63, 3.8) is 0 Å². The van der Waals surface area contributed by atoms with Crippen molar-refractivity contribution in [3.8, 4) is 0 Å². The molecule has 1 aliphatic rings. The molecule has 1 aliphatic heterocycles. The van der Waals surface area contributed by atoms with Gasteiger partial charge in [0.05, 0.1) is 20.3 Å². The molecule has 0 bridgehead atoms. The van der Waals surface area contributed by atoms with Crippen molar-refractivity contribution in [2.24, 2.45) is 5.41 Å².